The maximum absolute atomic E-state index is 5.18. The summed E-state index contributed by atoms with van der Waals surface area (Å²) >= 11 is 10.3. The molecule has 0 aliphatic carbocycles. The van der Waals surface area contributed by atoms with Crippen LogP contribution in [0.5, 0.6) is 0 Å². The Hall–Kier alpha value is -2.26. The monoisotopic (exact) mass is 405 g/mol. The van der Waals surface area contributed by atoms with Crippen LogP contribution in [0.4, 0.5) is 5.69 Å². The summed E-state index contributed by atoms with van der Waals surface area (Å²) in [6.07, 6.45) is 4.13. The molecule has 1 aliphatic heterocycles. The first-order chi connectivity index (χ1) is 13.1. The number of nitrogens with one attached hydrogen (secondary N) is 4. The molecule has 1 aromatic rings. The van der Waals surface area contributed by atoms with Gasteiger partial charge in [-0.1, -0.05) is 12.1 Å². The zero-order valence-electron chi connectivity index (χ0n) is 15.8. The molecule has 0 atom stereocenters. The van der Waals surface area contributed by atoms with E-state index < -0.39 is 0 Å². The summed E-state index contributed by atoms with van der Waals surface area (Å²) in [7, 11) is 0. The number of hydrazone groups is 2. The molecule has 0 amide bonds. The molecular formula is C18H27N7S2. The van der Waals surface area contributed by atoms with Gasteiger partial charge in [-0.15, -0.1) is 0 Å². The molecule has 146 valence electrons. The van der Waals surface area contributed by atoms with Crippen LogP contribution >= 0.6 is 24.4 Å². The van der Waals surface area contributed by atoms with E-state index in [0.29, 0.717) is 15.9 Å². The van der Waals surface area contributed by atoms with Gasteiger partial charge in [0.2, 0.25) is 0 Å². The van der Waals surface area contributed by atoms with Crippen LogP contribution in [0.15, 0.2) is 34.5 Å². The first-order valence-corrected chi connectivity index (χ1v) is 9.99. The van der Waals surface area contributed by atoms with Crippen molar-refractivity contribution in [2.75, 3.05) is 31.1 Å². The van der Waals surface area contributed by atoms with Crippen LogP contribution in [-0.2, 0) is 0 Å². The lowest BCUT2D eigenvalue weighted by molar-refractivity contribution is 0.899. The second-order valence-corrected chi connectivity index (χ2v) is 6.76. The van der Waals surface area contributed by atoms with E-state index in [4.69, 9.17) is 24.4 Å². The Morgan fingerprint density at radius 3 is 2.19 bits per heavy atom. The van der Waals surface area contributed by atoms with E-state index in [2.05, 4.69) is 48.7 Å². The van der Waals surface area contributed by atoms with Gasteiger partial charge in [0.05, 0.1) is 6.21 Å². The lowest BCUT2D eigenvalue weighted by Crippen LogP contribution is -2.33. The largest absolute Gasteiger partial charge is 0.372 e. The van der Waals surface area contributed by atoms with Crippen LogP contribution in [-0.4, -0.2) is 48.3 Å². The molecule has 1 saturated heterocycles. The summed E-state index contributed by atoms with van der Waals surface area (Å²) in [5.74, 6) is 0. The van der Waals surface area contributed by atoms with Crippen LogP contribution in [0.3, 0.4) is 0 Å². The summed E-state index contributed by atoms with van der Waals surface area (Å²) in [4.78, 5) is 2.39. The standard InChI is InChI=1S/C18H27N7S2/c1-3-19-17(26)23-21-13-16(22-24-18(27)20-4-2)14-7-9-15(10-8-14)25-11-5-6-12-25/h7-10,13H,3-6,11-12H2,1-2H3,(H2,19,23,26)(H2,20,24,27)/b21-13+,22-16-. The molecule has 9 heteroatoms. The summed E-state index contributed by atoms with van der Waals surface area (Å²) in [6, 6.07) is 8.31. The average molecular weight is 406 g/mol. The number of hydrogen-bond donors (Lipinski definition) is 4. The zero-order chi connectivity index (χ0) is 19.5. The van der Waals surface area contributed by atoms with Crippen molar-refractivity contribution < 1.29 is 0 Å². The van der Waals surface area contributed by atoms with Crippen molar-refractivity contribution in [2.24, 2.45) is 10.2 Å². The fraction of sp³-hybridized carbons (Fsp3) is 0.444. The van der Waals surface area contributed by atoms with E-state index in [1.54, 1.807) is 6.21 Å². The Bertz CT molecular complexity index is 679. The molecule has 27 heavy (non-hydrogen) atoms. The SMILES string of the molecule is CCNC(=S)N/N=C/C(=N/NC(=S)NCC)c1ccc(N2CCCC2)cc1. The quantitative estimate of drug-likeness (QED) is 0.314. The van der Waals surface area contributed by atoms with Gasteiger partial charge in [0.1, 0.15) is 5.71 Å². The fourth-order valence-electron chi connectivity index (χ4n) is 2.65. The van der Waals surface area contributed by atoms with Gasteiger partial charge in [0, 0.05) is 37.4 Å². The van der Waals surface area contributed by atoms with Crippen LogP contribution in [0.1, 0.15) is 32.3 Å². The molecule has 0 aromatic heterocycles. The molecule has 1 heterocycles. The second kappa shape index (κ2) is 11.5. The van der Waals surface area contributed by atoms with Gasteiger partial charge in [0.15, 0.2) is 10.2 Å². The maximum atomic E-state index is 5.18. The molecule has 0 radical (unpaired) electrons. The molecule has 2 rings (SSSR count). The number of thiocarbonyl (C=S) groups is 2. The lowest BCUT2D eigenvalue weighted by Gasteiger charge is -2.17. The number of nitrogens with zero attached hydrogens (tertiary/aromatic N) is 3. The molecular weight excluding hydrogens is 378 g/mol. The van der Waals surface area contributed by atoms with E-state index in [0.717, 1.165) is 31.7 Å². The topological polar surface area (TPSA) is 76.1 Å². The molecule has 1 aromatic carbocycles. The van der Waals surface area contributed by atoms with Crippen LogP contribution < -0.4 is 26.4 Å². The molecule has 4 N–H and O–H groups in total. The Morgan fingerprint density at radius 1 is 1.00 bits per heavy atom. The highest BCUT2D eigenvalue weighted by Crippen LogP contribution is 2.20. The summed E-state index contributed by atoms with van der Waals surface area (Å²) in [6.45, 7) is 7.64. The molecule has 0 saturated carbocycles. The number of benzene rings is 1. The van der Waals surface area contributed by atoms with Gasteiger partial charge in [-0.05, 0) is 63.3 Å². The third kappa shape index (κ3) is 7.10. The van der Waals surface area contributed by atoms with Crippen LogP contribution in [0.2, 0.25) is 0 Å². The minimum Gasteiger partial charge on any atom is -0.372 e. The average Bonchev–Trinajstić information content (AvgIpc) is 3.20. The summed E-state index contributed by atoms with van der Waals surface area (Å²) in [5.41, 5.74) is 8.44. The van der Waals surface area contributed by atoms with E-state index in [9.17, 15) is 0 Å². The fourth-order valence-corrected chi connectivity index (χ4v) is 3.04. The molecule has 0 bridgehead atoms. The predicted octanol–water partition coefficient (Wildman–Crippen LogP) is 1.94. The smallest absolute Gasteiger partial charge is 0.186 e. The van der Waals surface area contributed by atoms with Gasteiger partial charge >= 0.3 is 0 Å². The van der Waals surface area contributed by atoms with Crippen molar-refractivity contribution in [3.63, 3.8) is 0 Å². The number of anilines is 1. The highest BCUT2D eigenvalue weighted by Gasteiger charge is 2.12. The minimum atomic E-state index is 0.466. The minimum absolute atomic E-state index is 0.466. The maximum Gasteiger partial charge on any atom is 0.186 e. The normalized spacial score (nSPS) is 14.3. The van der Waals surface area contributed by atoms with E-state index in [1.807, 2.05) is 26.0 Å². The van der Waals surface area contributed by atoms with Gasteiger partial charge in [-0.2, -0.15) is 10.2 Å². The molecule has 1 aliphatic rings. The van der Waals surface area contributed by atoms with Gasteiger partial charge < -0.3 is 15.5 Å². The lowest BCUT2D eigenvalue weighted by atomic mass is 10.1. The second-order valence-electron chi connectivity index (χ2n) is 5.94. The number of hydrogen-bond acceptors (Lipinski definition) is 5. The van der Waals surface area contributed by atoms with Gasteiger partial charge in [-0.3, -0.25) is 10.9 Å². The van der Waals surface area contributed by atoms with Crippen molar-refractivity contribution in [3.05, 3.63) is 29.8 Å². The highest BCUT2D eigenvalue weighted by atomic mass is 32.1. The van der Waals surface area contributed by atoms with Crippen molar-refractivity contribution in [2.45, 2.75) is 26.7 Å². The van der Waals surface area contributed by atoms with Crippen LogP contribution in [0.25, 0.3) is 0 Å². The first kappa shape index (κ1) is 21.0. The van der Waals surface area contributed by atoms with Crippen molar-refractivity contribution in [1.82, 2.24) is 21.5 Å². The Labute approximate surface area is 171 Å². The number of rotatable bonds is 7. The van der Waals surface area contributed by atoms with E-state index in [-0.39, 0.29) is 0 Å². The van der Waals surface area contributed by atoms with Gasteiger partial charge in [-0.25, -0.2) is 0 Å². The highest BCUT2D eigenvalue weighted by molar-refractivity contribution is 7.80. The Kier molecular flexibility index (Phi) is 8.93. The van der Waals surface area contributed by atoms with Crippen molar-refractivity contribution in [3.8, 4) is 0 Å². The third-order valence-corrected chi connectivity index (χ3v) is 4.41. The Balaban J connectivity index is 2.12. The first-order valence-electron chi connectivity index (χ1n) is 9.17. The molecule has 1 fully saturated rings. The summed E-state index contributed by atoms with van der Waals surface area (Å²) in [5, 5.41) is 15.5. The Morgan fingerprint density at radius 2 is 1.59 bits per heavy atom. The zero-order valence-corrected chi connectivity index (χ0v) is 17.4. The molecule has 0 spiro atoms. The van der Waals surface area contributed by atoms with Crippen molar-refractivity contribution in [1.29, 1.82) is 0 Å². The predicted molar refractivity (Wildman–Crippen MR) is 122 cm³/mol. The third-order valence-electron chi connectivity index (χ3n) is 3.94. The molecule has 7 nitrogen and oxygen atoms in total. The van der Waals surface area contributed by atoms with Gasteiger partial charge in [0.25, 0.3) is 0 Å². The van der Waals surface area contributed by atoms with Crippen molar-refractivity contribution >= 4 is 52.3 Å². The van der Waals surface area contributed by atoms with E-state index >= 15 is 0 Å². The summed E-state index contributed by atoms with van der Waals surface area (Å²) < 4.78 is 0. The van der Waals surface area contributed by atoms with Crippen LogP contribution in [0, 0.1) is 0 Å². The van der Waals surface area contributed by atoms with E-state index in [1.165, 1.54) is 18.5 Å². The molecule has 0 unspecified atom stereocenters.